The molecule has 2 rings (SSSR count). The van der Waals surface area contributed by atoms with Gasteiger partial charge in [0.05, 0.1) is 7.11 Å². The molecule has 1 unspecified atom stereocenters. The molecular formula is C30H42O5. The number of allylic oxidation sites excluding steroid dienone is 2. The van der Waals surface area contributed by atoms with Crippen molar-refractivity contribution in [2.45, 2.75) is 77.2 Å². The molecule has 0 bridgehead atoms. The van der Waals surface area contributed by atoms with Crippen molar-refractivity contribution in [1.29, 1.82) is 0 Å². The fourth-order valence-electron chi connectivity index (χ4n) is 4.82. The average Bonchev–Trinajstić information content (AvgIpc) is 3.13. The molecule has 1 saturated carbocycles. The normalized spacial score (nSPS) is 21.4. The summed E-state index contributed by atoms with van der Waals surface area (Å²) >= 11 is 0. The van der Waals surface area contributed by atoms with Crippen LogP contribution >= 0.6 is 0 Å². The predicted octanol–water partition coefficient (Wildman–Crippen LogP) is 6.22. The number of aliphatic hydroxyl groups excluding tert-OH is 1. The van der Waals surface area contributed by atoms with Gasteiger partial charge in [0.2, 0.25) is 5.60 Å². The number of hydrogen-bond acceptors (Lipinski definition) is 5. The van der Waals surface area contributed by atoms with Crippen LogP contribution in [-0.4, -0.2) is 36.2 Å². The Morgan fingerprint density at radius 2 is 1.91 bits per heavy atom. The highest BCUT2D eigenvalue weighted by molar-refractivity contribution is 5.84. The summed E-state index contributed by atoms with van der Waals surface area (Å²) < 4.78 is 11.4. The third kappa shape index (κ3) is 8.83. The third-order valence-corrected chi connectivity index (χ3v) is 6.79. The average molecular weight is 483 g/mol. The zero-order chi connectivity index (χ0) is 25.5. The van der Waals surface area contributed by atoms with Crippen molar-refractivity contribution in [3.05, 3.63) is 60.4 Å². The van der Waals surface area contributed by atoms with Crippen LogP contribution in [-0.2, 0) is 14.3 Å². The van der Waals surface area contributed by atoms with Gasteiger partial charge in [0, 0.05) is 25.4 Å². The molecule has 4 atom stereocenters. The highest BCUT2D eigenvalue weighted by atomic mass is 16.6. The van der Waals surface area contributed by atoms with Gasteiger partial charge in [-0.3, -0.25) is 4.79 Å². The van der Waals surface area contributed by atoms with Crippen LogP contribution in [0.2, 0.25) is 0 Å². The van der Waals surface area contributed by atoms with E-state index in [4.69, 9.17) is 14.6 Å². The number of ether oxygens (including phenoxy) is 2. The maximum atomic E-state index is 13.0. The summed E-state index contributed by atoms with van der Waals surface area (Å²) in [5.74, 6) is 1.15. The van der Waals surface area contributed by atoms with Crippen molar-refractivity contribution in [3.8, 4) is 5.75 Å². The van der Waals surface area contributed by atoms with Crippen LogP contribution in [0, 0.1) is 17.8 Å². The Balaban J connectivity index is 2.15. The van der Waals surface area contributed by atoms with E-state index in [2.05, 4.69) is 31.7 Å². The summed E-state index contributed by atoms with van der Waals surface area (Å²) in [6.07, 6.45) is 14.5. The molecule has 0 aliphatic heterocycles. The standard InChI is InChI=1S/C30H42O5/c1-4-5-18-26-24(2)23-28(32)27(26)19-12-9-14-21-30(29(33)34-3,20-13-6-7-15-22-31)35-25-16-10-8-11-17-25/h5,8,10-12,14,16-18,24,26-27,31H,4,6-7,13,15,19-23H2,1-3H3/b18-5+/t9?,24-,26+,27-,30?/m1/s1/i31+0. The van der Waals surface area contributed by atoms with Crippen LogP contribution in [0.3, 0.4) is 0 Å². The maximum Gasteiger partial charge on any atom is 0.350 e. The summed E-state index contributed by atoms with van der Waals surface area (Å²) in [7, 11) is 1.38. The Hall–Kier alpha value is -2.62. The van der Waals surface area contributed by atoms with Gasteiger partial charge in [0.15, 0.2) is 0 Å². The number of hydrogen-bond donors (Lipinski definition) is 1. The maximum absolute atomic E-state index is 13.0. The summed E-state index contributed by atoms with van der Waals surface area (Å²) in [5.41, 5.74) is 2.06. The lowest BCUT2D eigenvalue weighted by Gasteiger charge is -2.31. The van der Waals surface area contributed by atoms with Crippen LogP contribution in [0.15, 0.2) is 60.4 Å². The van der Waals surface area contributed by atoms with Crippen molar-refractivity contribution in [1.82, 2.24) is 0 Å². The van der Waals surface area contributed by atoms with Gasteiger partial charge in [-0.2, -0.15) is 0 Å². The molecule has 5 heteroatoms. The first-order valence-electron chi connectivity index (χ1n) is 13.0. The van der Waals surface area contributed by atoms with Gasteiger partial charge in [-0.1, -0.05) is 57.0 Å². The van der Waals surface area contributed by atoms with Crippen LogP contribution in [0.25, 0.3) is 0 Å². The Bertz CT molecular complexity index is 868. The Morgan fingerprint density at radius 3 is 2.60 bits per heavy atom. The van der Waals surface area contributed by atoms with E-state index in [-0.39, 0.29) is 18.4 Å². The molecule has 1 aliphatic carbocycles. The summed E-state index contributed by atoms with van der Waals surface area (Å²) in [4.78, 5) is 25.5. The van der Waals surface area contributed by atoms with Crippen molar-refractivity contribution < 1.29 is 24.2 Å². The number of aliphatic hydroxyl groups is 1. The number of methoxy groups -OCH3 is 1. The van der Waals surface area contributed by atoms with E-state index in [0.29, 0.717) is 43.1 Å². The molecule has 35 heavy (non-hydrogen) atoms. The molecule has 5 nitrogen and oxygen atoms in total. The van der Waals surface area contributed by atoms with Gasteiger partial charge in [-0.05, 0) is 68.2 Å². The van der Waals surface area contributed by atoms with E-state index >= 15 is 0 Å². The highest BCUT2D eigenvalue weighted by Gasteiger charge is 2.41. The molecule has 0 saturated heterocycles. The monoisotopic (exact) mass is 482 g/mol. The van der Waals surface area contributed by atoms with Crippen molar-refractivity contribution in [2.24, 2.45) is 17.8 Å². The SMILES string of the molecule is CC/C=C/[C@H]1[C@H](C)CC(=O)[C@@H]1CC=C=CCC(CCCCCC[16OH])(Oc1ccccc1)C(=O)OC. The van der Waals surface area contributed by atoms with Crippen LogP contribution in [0.1, 0.15) is 71.6 Å². The summed E-state index contributed by atoms with van der Waals surface area (Å²) in [6.45, 7) is 4.43. The molecule has 0 aromatic heterocycles. The van der Waals surface area contributed by atoms with Gasteiger partial charge in [-0.25, -0.2) is 4.79 Å². The second kappa shape index (κ2) is 15.4. The van der Waals surface area contributed by atoms with Gasteiger partial charge in [0.1, 0.15) is 11.5 Å². The summed E-state index contributed by atoms with van der Waals surface area (Å²) in [5, 5.41) is 9.04. The fraction of sp³-hybridized carbons (Fsp3) is 0.567. The number of unbranched alkanes of at least 4 members (excludes halogenated alkanes) is 3. The van der Waals surface area contributed by atoms with Crippen LogP contribution in [0.4, 0.5) is 0 Å². The van der Waals surface area contributed by atoms with Crippen LogP contribution in [0.5, 0.6) is 5.75 Å². The van der Waals surface area contributed by atoms with Crippen molar-refractivity contribution >= 4 is 11.8 Å². The minimum atomic E-state index is -1.15. The van der Waals surface area contributed by atoms with Crippen molar-refractivity contribution in [2.75, 3.05) is 13.7 Å². The lowest BCUT2D eigenvalue weighted by molar-refractivity contribution is -0.159. The Morgan fingerprint density at radius 1 is 1.17 bits per heavy atom. The van der Waals surface area contributed by atoms with E-state index in [1.54, 1.807) is 0 Å². The highest BCUT2D eigenvalue weighted by Crippen LogP contribution is 2.37. The van der Waals surface area contributed by atoms with Gasteiger partial charge in [0.25, 0.3) is 0 Å². The quantitative estimate of drug-likeness (QED) is 0.139. The van der Waals surface area contributed by atoms with E-state index in [9.17, 15) is 9.59 Å². The molecule has 1 aromatic rings. The Kier molecular flexibility index (Phi) is 12.6. The smallest absolute Gasteiger partial charge is 0.350 e. The number of ketones is 1. The first kappa shape index (κ1) is 28.6. The predicted molar refractivity (Wildman–Crippen MR) is 139 cm³/mol. The summed E-state index contributed by atoms with van der Waals surface area (Å²) in [6, 6.07) is 9.31. The number of carbonyl (C=O) groups is 2. The topological polar surface area (TPSA) is 72.8 Å². The molecule has 1 aromatic carbocycles. The van der Waals surface area contributed by atoms with E-state index < -0.39 is 11.6 Å². The first-order chi connectivity index (χ1) is 17.0. The third-order valence-electron chi connectivity index (χ3n) is 6.79. The van der Waals surface area contributed by atoms with Crippen molar-refractivity contribution in [3.63, 3.8) is 0 Å². The molecule has 0 amide bonds. The van der Waals surface area contributed by atoms with E-state index in [1.165, 1.54) is 7.11 Å². The Labute approximate surface area is 210 Å². The van der Waals surface area contributed by atoms with Gasteiger partial charge >= 0.3 is 5.97 Å². The van der Waals surface area contributed by atoms with Gasteiger partial charge < -0.3 is 14.6 Å². The minimum absolute atomic E-state index is 0.00819. The fourth-order valence-corrected chi connectivity index (χ4v) is 4.82. The lowest BCUT2D eigenvalue weighted by Crippen LogP contribution is -2.45. The second-order valence-electron chi connectivity index (χ2n) is 9.47. The molecular weight excluding hydrogens is 440 g/mol. The zero-order valence-electron chi connectivity index (χ0n) is 21.6. The molecule has 1 N–H and O–H groups in total. The molecule has 1 aliphatic rings. The number of para-hydroxylation sites is 1. The largest absolute Gasteiger partial charge is 0.475 e. The first-order valence-corrected chi connectivity index (χ1v) is 13.0. The minimum Gasteiger partial charge on any atom is -0.475 e. The van der Waals surface area contributed by atoms with Gasteiger partial charge in [-0.15, -0.1) is 5.73 Å². The molecule has 0 heterocycles. The number of benzene rings is 1. The lowest BCUT2D eigenvalue weighted by atomic mass is 9.87. The number of esters is 1. The van der Waals surface area contributed by atoms with E-state index in [1.807, 2.05) is 42.5 Å². The molecule has 192 valence electrons. The number of rotatable bonds is 15. The zero-order valence-corrected chi connectivity index (χ0v) is 21.6. The number of carbonyl (C=O) groups excluding carboxylic acids is 2. The molecule has 0 spiro atoms. The second-order valence-corrected chi connectivity index (χ2v) is 9.47. The molecule has 0 radical (unpaired) electrons. The molecule has 1 fully saturated rings. The van der Waals surface area contributed by atoms with E-state index in [0.717, 1.165) is 32.1 Å². The van der Waals surface area contributed by atoms with Crippen LogP contribution < -0.4 is 4.74 Å². The number of Topliss-reactive ketones (excluding diaryl/α,β-unsaturated/α-hetero) is 1.